The number of nitrogens with one attached hydrogen (secondary N) is 1. The molecule has 0 heterocycles. The van der Waals surface area contributed by atoms with Gasteiger partial charge in [0.25, 0.3) is 0 Å². The first-order valence-corrected chi connectivity index (χ1v) is 8.57. The van der Waals surface area contributed by atoms with E-state index < -0.39 is 16.0 Å². The Labute approximate surface area is 126 Å². The summed E-state index contributed by atoms with van der Waals surface area (Å²) in [6.45, 7) is 5.90. The largest absolute Gasteiger partial charge is 0.481 e. The van der Waals surface area contributed by atoms with E-state index in [1.165, 1.54) is 12.1 Å². The molecule has 118 valence electrons. The summed E-state index contributed by atoms with van der Waals surface area (Å²) in [5, 5.41) is 8.63. The molecule has 0 spiro atoms. The van der Waals surface area contributed by atoms with Crippen LogP contribution in [0.2, 0.25) is 0 Å². The number of hydrogen-bond donors (Lipinski definition) is 2. The lowest BCUT2D eigenvalue weighted by atomic mass is 10.0. The van der Waals surface area contributed by atoms with Gasteiger partial charge in [0, 0.05) is 12.5 Å². The molecule has 1 aromatic rings. The molecule has 6 heteroatoms. The lowest BCUT2D eigenvalue weighted by Gasteiger charge is -2.20. The van der Waals surface area contributed by atoms with Crippen molar-refractivity contribution < 1.29 is 18.3 Å². The molecule has 0 saturated heterocycles. The molecule has 0 amide bonds. The zero-order valence-corrected chi connectivity index (χ0v) is 13.5. The number of carbonyl (C=O) groups is 1. The van der Waals surface area contributed by atoms with Gasteiger partial charge in [-0.1, -0.05) is 32.9 Å². The molecule has 0 fully saturated rings. The number of aryl methyl sites for hydroxylation is 1. The summed E-state index contributed by atoms with van der Waals surface area (Å²) in [7, 11) is -3.53. The first-order chi connectivity index (χ1) is 9.76. The molecule has 21 heavy (non-hydrogen) atoms. The van der Waals surface area contributed by atoms with Crippen molar-refractivity contribution in [1.29, 1.82) is 0 Å². The van der Waals surface area contributed by atoms with Crippen molar-refractivity contribution in [2.24, 2.45) is 5.92 Å². The van der Waals surface area contributed by atoms with E-state index in [9.17, 15) is 13.2 Å². The van der Waals surface area contributed by atoms with E-state index in [1.54, 1.807) is 12.1 Å². The molecule has 0 saturated carbocycles. The Morgan fingerprint density at radius 2 is 1.81 bits per heavy atom. The Morgan fingerprint density at radius 3 is 2.24 bits per heavy atom. The summed E-state index contributed by atoms with van der Waals surface area (Å²) in [4.78, 5) is 10.7. The number of carboxylic acids is 1. The van der Waals surface area contributed by atoms with Crippen LogP contribution in [-0.2, 0) is 21.2 Å². The van der Waals surface area contributed by atoms with Crippen molar-refractivity contribution in [2.45, 2.75) is 51.0 Å². The number of sulfonamides is 1. The summed E-state index contributed by atoms with van der Waals surface area (Å²) in [5.74, 6) is -0.643. The average Bonchev–Trinajstić information content (AvgIpc) is 2.42. The van der Waals surface area contributed by atoms with Crippen LogP contribution < -0.4 is 4.72 Å². The number of hydrogen-bond acceptors (Lipinski definition) is 3. The van der Waals surface area contributed by atoms with Gasteiger partial charge in [-0.3, -0.25) is 4.79 Å². The molecule has 1 aromatic carbocycles. The predicted octanol–water partition coefficient (Wildman–Crippen LogP) is 2.42. The fourth-order valence-corrected chi connectivity index (χ4v) is 3.51. The Bertz CT molecular complexity index is 564. The molecule has 2 N–H and O–H groups in total. The van der Waals surface area contributed by atoms with Crippen molar-refractivity contribution in [3.63, 3.8) is 0 Å². The van der Waals surface area contributed by atoms with E-state index in [2.05, 4.69) is 4.72 Å². The molecule has 0 aliphatic rings. The van der Waals surface area contributed by atoms with Gasteiger partial charge in [0.05, 0.1) is 4.90 Å². The minimum atomic E-state index is -3.53. The van der Waals surface area contributed by atoms with Gasteiger partial charge >= 0.3 is 5.97 Å². The van der Waals surface area contributed by atoms with Crippen LogP contribution in [0, 0.1) is 5.92 Å². The third kappa shape index (κ3) is 5.47. The van der Waals surface area contributed by atoms with E-state index in [-0.39, 0.29) is 23.3 Å². The van der Waals surface area contributed by atoms with Crippen LogP contribution >= 0.6 is 0 Å². The van der Waals surface area contributed by atoms with Crippen LogP contribution in [0.4, 0.5) is 0 Å². The molecule has 1 atom stereocenters. The molecular weight excluding hydrogens is 290 g/mol. The van der Waals surface area contributed by atoms with Gasteiger partial charge in [0.15, 0.2) is 0 Å². The van der Waals surface area contributed by atoms with Gasteiger partial charge in [0.2, 0.25) is 10.0 Å². The van der Waals surface area contributed by atoms with Crippen LogP contribution in [0.5, 0.6) is 0 Å². The van der Waals surface area contributed by atoms with Crippen LogP contribution in [0.25, 0.3) is 0 Å². The minimum absolute atomic E-state index is 0.0373. The smallest absolute Gasteiger partial charge is 0.303 e. The highest BCUT2D eigenvalue weighted by molar-refractivity contribution is 7.89. The molecule has 0 bridgehead atoms. The first kappa shape index (κ1) is 17.7. The molecule has 0 aromatic heterocycles. The number of rotatable bonds is 8. The van der Waals surface area contributed by atoms with Crippen LogP contribution in [0.3, 0.4) is 0 Å². The van der Waals surface area contributed by atoms with Crippen molar-refractivity contribution in [3.8, 4) is 0 Å². The van der Waals surface area contributed by atoms with E-state index in [0.717, 1.165) is 12.0 Å². The Balaban J connectivity index is 2.82. The van der Waals surface area contributed by atoms with Gasteiger partial charge in [-0.2, -0.15) is 0 Å². The average molecular weight is 313 g/mol. The number of benzene rings is 1. The lowest BCUT2D eigenvalue weighted by molar-refractivity contribution is -0.136. The third-order valence-corrected chi connectivity index (χ3v) is 4.92. The topological polar surface area (TPSA) is 83.5 Å². The highest BCUT2D eigenvalue weighted by Crippen LogP contribution is 2.15. The van der Waals surface area contributed by atoms with Crippen molar-refractivity contribution in [2.75, 3.05) is 0 Å². The molecule has 0 radical (unpaired) electrons. The van der Waals surface area contributed by atoms with E-state index >= 15 is 0 Å². The van der Waals surface area contributed by atoms with E-state index in [0.29, 0.717) is 6.42 Å². The second-order valence-electron chi connectivity index (χ2n) is 5.42. The van der Waals surface area contributed by atoms with Gasteiger partial charge in [0.1, 0.15) is 0 Å². The summed E-state index contributed by atoms with van der Waals surface area (Å²) >= 11 is 0. The van der Waals surface area contributed by atoms with Crippen LogP contribution in [0.15, 0.2) is 29.2 Å². The highest BCUT2D eigenvalue weighted by Gasteiger charge is 2.21. The first-order valence-electron chi connectivity index (χ1n) is 7.09. The number of aliphatic carboxylic acids is 1. The molecule has 5 nitrogen and oxygen atoms in total. The van der Waals surface area contributed by atoms with Crippen molar-refractivity contribution >= 4 is 16.0 Å². The molecule has 0 aliphatic heterocycles. The Kier molecular flexibility index (Phi) is 6.36. The fourth-order valence-electron chi connectivity index (χ4n) is 2.04. The fraction of sp³-hybridized carbons (Fsp3) is 0.533. The SMILES string of the molecule is CCC(NS(=O)(=O)c1ccc(CCC(=O)O)cc1)C(C)C. The van der Waals surface area contributed by atoms with Gasteiger partial charge in [-0.25, -0.2) is 13.1 Å². The Morgan fingerprint density at radius 1 is 1.24 bits per heavy atom. The van der Waals surface area contributed by atoms with E-state index in [1.807, 2.05) is 20.8 Å². The molecule has 1 unspecified atom stereocenters. The van der Waals surface area contributed by atoms with Crippen molar-refractivity contribution in [1.82, 2.24) is 4.72 Å². The monoisotopic (exact) mass is 313 g/mol. The second-order valence-corrected chi connectivity index (χ2v) is 7.13. The zero-order valence-electron chi connectivity index (χ0n) is 12.7. The molecule has 0 aliphatic carbocycles. The van der Waals surface area contributed by atoms with Gasteiger partial charge < -0.3 is 5.11 Å². The molecule has 1 rings (SSSR count). The predicted molar refractivity (Wildman–Crippen MR) is 81.6 cm³/mol. The quantitative estimate of drug-likeness (QED) is 0.772. The standard InChI is InChI=1S/C15H23NO4S/c1-4-14(11(2)3)16-21(19,20)13-8-5-12(6-9-13)7-10-15(17)18/h5-6,8-9,11,14,16H,4,7,10H2,1-3H3,(H,17,18). The van der Waals surface area contributed by atoms with Crippen molar-refractivity contribution in [3.05, 3.63) is 29.8 Å². The van der Waals surface area contributed by atoms with Gasteiger partial charge in [-0.05, 0) is 36.5 Å². The summed E-state index contributed by atoms with van der Waals surface area (Å²) in [6, 6.07) is 6.27. The maximum atomic E-state index is 12.3. The second kappa shape index (κ2) is 7.56. The van der Waals surface area contributed by atoms with Crippen LogP contribution in [-0.4, -0.2) is 25.5 Å². The lowest BCUT2D eigenvalue weighted by Crippen LogP contribution is -2.37. The third-order valence-electron chi connectivity index (χ3n) is 3.41. The highest BCUT2D eigenvalue weighted by atomic mass is 32.2. The van der Waals surface area contributed by atoms with E-state index in [4.69, 9.17) is 5.11 Å². The summed E-state index contributed by atoms with van der Waals surface area (Å²) in [6.07, 6.45) is 1.16. The maximum Gasteiger partial charge on any atom is 0.303 e. The normalized spacial score (nSPS) is 13.3. The zero-order chi connectivity index (χ0) is 16.0. The Hall–Kier alpha value is -1.40. The van der Waals surface area contributed by atoms with Gasteiger partial charge in [-0.15, -0.1) is 0 Å². The summed E-state index contributed by atoms with van der Waals surface area (Å²) < 4.78 is 27.3. The minimum Gasteiger partial charge on any atom is -0.481 e. The summed E-state index contributed by atoms with van der Waals surface area (Å²) in [5.41, 5.74) is 0.812. The van der Waals surface area contributed by atoms with Crippen LogP contribution in [0.1, 0.15) is 39.2 Å². The number of carboxylic acid groups (broad SMARTS) is 1. The maximum absolute atomic E-state index is 12.3. The molecular formula is C15H23NO4S.